The number of nitrogens with one attached hydrogen (secondary N) is 3. The first-order chi connectivity index (χ1) is 14.3. The maximum Gasteiger partial charge on any atom is 0.261 e. The van der Waals surface area contributed by atoms with Gasteiger partial charge in [0.05, 0.1) is 17.2 Å². The number of carbonyl (C=O) groups is 1. The molecular weight excluding hydrogens is 513 g/mol. The minimum atomic E-state index is -0.00896. The normalized spacial score (nSPS) is 15.8. The Hall–Kier alpha value is -1.59. The highest BCUT2D eigenvalue weighted by Gasteiger charge is 2.24. The number of thiophene rings is 1. The molecule has 30 heavy (non-hydrogen) atoms. The summed E-state index contributed by atoms with van der Waals surface area (Å²) in [4.78, 5) is 19.5. The fourth-order valence-electron chi connectivity index (χ4n) is 3.53. The smallest absolute Gasteiger partial charge is 0.261 e. The van der Waals surface area contributed by atoms with E-state index < -0.39 is 0 Å². The lowest BCUT2D eigenvalue weighted by atomic mass is 10.1. The monoisotopic (exact) mass is 545 g/mol. The SMILES string of the molecule is CN=C(NCCCNC(=O)c1cccs1)NCC(c1ccco1)N1CCCCC1.I. The van der Waals surface area contributed by atoms with Crippen LogP contribution in [0.2, 0.25) is 0 Å². The highest BCUT2D eigenvalue weighted by Crippen LogP contribution is 2.24. The van der Waals surface area contributed by atoms with Gasteiger partial charge in [0.25, 0.3) is 5.91 Å². The number of furan rings is 1. The zero-order chi connectivity index (χ0) is 20.3. The summed E-state index contributed by atoms with van der Waals surface area (Å²) >= 11 is 1.45. The summed E-state index contributed by atoms with van der Waals surface area (Å²) in [6.45, 7) is 4.30. The number of guanidine groups is 1. The maximum absolute atomic E-state index is 11.9. The number of aliphatic imine (C=N–C) groups is 1. The number of carbonyl (C=O) groups excluding carboxylic acids is 1. The van der Waals surface area contributed by atoms with Crippen molar-refractivity contribution >= 4 is 47.2 Å². The van der Waals surface area contributed by atoms with Crippen LogP contribution in [0.3, 0.4) is 0 Å². The summed E-state index contributed by atoms with van der Waals surface area (Å²) in [6.07, 6.45) is 6.35. The molecule has 3 rings (SSSR count). The van der Waals surface area contributed by atoms with Crippen LogP contribution in [-0.4, -0.2) is 56.5 Å². The van der Waals surface area contributed by atoms with Gasteiger partial charge in [-0.05, 0) is 55.9 Å². The number of nitrogens with zero attached hydrogens (tertiary/aromatic N) is 2. The molecule has 0 aliphatic carbocycles. The third kappa shape index (κ3) is 7.59. The van der Waals surface area contributed by atoms with Crippen LogP contribution in [0.5, 0.6) is 0 Å². The van der Waals surface area contributed by atoms with Gasteiger partial charge in [0, 0.05) is 26.7 Å². The Kier molecular flexibility index (Phi) is 11.2. The molecule has 166 valence electrons. The molecule has 3 N–H and O–H groups in total. The molecule has 7 nitrogen and oxygen atoms in total. The first-order valence-corrected chi connectivity index (χ1v) is 11.2. The highest BCUT2D eigenvalue weighted by molar-refractivity contribution is 14.0. The molecule has 1 fully saturated rings. The molecule has 0 spiro atoms. The Morgan fingerprint density at radius 2 is 1.97 bits per heavy atom. The molecule has 1 aliphatic rings. The number of halogens is 1. The minimum Gasteiger partial charge on any atom is -0.468 e. The molecule has 0 saturated carbocycles. The minimum absolute atomic E-state index is 0. The summed E-state index contributed by atoms with van der Waals surface area (Å²) in [5, 5.41) is 11.6. The van der Waals surface area contributed by atoms with Crippen LogP contribution in [0.25, 0.3) is 0 Å². The molecule has 1 amide bonds. The van der Waals surface area contributed by atoms with Gasteiger partial charge in [0.1, 0.15) is 5.76 Å². The molecular formula is C21H32IN5O2S. The molecule has 1 aliphatic heterocycles. The van der Waals surface area contributed by atoms with Gasteiger partial charge in [-0.2, -0.15) is 0 Å². The van der Waals surface area contributed by atoms with Crippen molar-refractivity contribution in [2.24, 2.45) is 4.99 Å². The average Bonchev–Trinajstić information content (AvgIpc) is 3.47. The van der Waals surface area contributed by atoms with E-state index >= 15 is 0 Å². The van der Waals surface area contributed by atoms with Crippen LogP contribution in [0.4, 0.5) is 0 Å². The van der Waals surface area contributed by atoms with Gasteiger partial charge in [-0.15, -0.1) is 35.3 Å². The number of likely N-dealkylation sites (tertiary alicyclic amines) is 1. The van der Waals surface area contributed by atoms with E-state index in [1.807, 2.05) is 29.6 Å². The molecule has 0 bridgehead atoms. The quantitative estimate of drug-likeness (QED) is 0.195. The van der Waals surface area contributed by atoms with E-state index in [0.29, 0.717) is 6.54 Å². The van der Waals surface area contributed by atoms with Crippen LogP contribution >= 0.6 is 35.3 Å². The van der Waals surface area contributed by atoms with Crippen molar-refractivity contribution in [3.05, 3.63) is 46.5 Å². The summed E-state index contributed by atoms with van der Waals surface area (Å²) in [5.41, 5.74) is 0. The molecule has 2 aromatic heterocycles. The number of rotatable bonds is 9. The second kappa shape index (κ2) is 13.7. The molecule has 9 heteroatoms. The van der Waals surface area contributed by atoms with E-state index in [1.54, 1.807) is 13.3 Å². The lowest BCUT2D eigenvalue weighted by molar-refractivity contribution is 0.0957. The number of piperidine rings is 1. The zero-order valence-corrected chi connectivity index (χ0v) is 20.6. The maximum atomic E-state index is 11.9. The standard InChI is InChI=1S/C21H31N5O2S.HI/c1-22-21(24-11-7-10-23-20(27)19-9-6-15-29-19)25-16-17(18-8-5-14-28-18)26-12-3-2-4-13-26;/h5-6,8-9,14-15,17H,2-4,7,10-13,16H2,1H3,(H,23,27)(H2,22,24,25);1H. The molecule has 0 radical (unpaired) electrons. The summed E-state index contributed by atoms with van der Waals surface area (Å²) in [6, 6.07) is 7.92. The number of hydrogen-bond acceptors (Lipinski definition) is 5. The third-order valence-corrected chi connectivity index (χ3v) is 5.93. The van der Waals surface area contributed by atoms with E-state index in [1.165, 1.54) is 30.6 Å². The summed E-state index contributed by atoms with van der Waals surface area (Å²) in [7, 11) is 1.77. The topological polar surface area (TPSA) is 81.9 Å². The van der Waals surface area contributed by atoms with Crippen molar-refractivity contribution in [1.29, 1.82) is 0 Å². The van der Waals surface area contributed by atoms with Crippen LogP contribution in [-0.2, 0) is 0 Å². The molecule has 1 saturated heterocycles. The van der Waals surface area contributed by atoms with Gasteiger partial charge in [-0.3, -0.25) is 14.7 Å². The van der Waals surface area contributed by atoms with Gasteiger partial charge in [0.2, 0.25) is 0 Å². The third-order valence-electron chi connectivity index (χ3n) is 5.07. The first kappa shape index (κ1) is 24.7. The van der Waals surface area contributed by atoms with Crippen molar-refractivity contribution in [1.82, 2.24) is 20.9 Å². The van der Waals surface area contributed by atoms with Crippen LogP contribution < -0.4 is 16.0 Å². The summed E-state index contributed by atoms with van der Waals surface area (Å²) < 4.78 is 5.70. The fraction of sp³-hybridized carbons (Fsp3) is 0.524. The number of amides is 1. The Bertz CT molecular complexity index is 746. The highest BCUT2D eigenvalue weighted by atomic mass is 127. The van der Waals surface area contributed by atoms with E-state index in [9.17, 15) is 4.79 Å². The van der Waals surface area contributed by atoms with E-state index in [0.717, 1.165) is 49.2 Å². The second-order valence-corrected chi connectivity index (χ2v) is 8.04. The van der Waals surface area contributed by atoms with Gasteiger partial charge < -0.3 is 20.4 Å². The Balaban J connectivity index is 0.00000320. The van der Waals surface area contributed by atoms with Gasteiger partial charge in [0.15, 0.2) is 5.96 Å². The lowest BCUT2D eigenvalue weighted by Crippen LogP contribution is -2.44. The first-order valence-electron chi connectivity index (χ1n) is 10.3. The molecule has 3 heterocycles. The van der Waals surface area contributed by atoms with Crippen molar-refractivity contribution in [3.8, 4) is 0 Å². The largest absolute Gasteiger partial charge is 0.468 e. The van der Waals surface area contributed by atoms with Crippen molar-refractivity contribution in [2.75, 3.05) is 39.8 Å². The lowest BCUT2D eigenvalue weighted by Gasteiger charge is -2.33. The van der Waals surface area contributed by atoms with Crippen molar-refractivity contribution in [2.45, 2.75) is 31.7 Å². The Morgan fingerprint density at radius 1 is 1.17 bits per heavy atom. The molecule has 2 aromatic rings. The van der Waals surface area contributed by atoms with Crippen LogP contribution in [0, 0.1) is 0 Å². The Morgan fingerprint density at radius 3 is 2.63 bits per heavy atom. The van der Waals surface area contributed by atoms with Crippen molar-refractivity contribution < 1.29 is 9.21 Å². The van der Waals surface area contributed by atoms with Gasteiger partial charge in [-0.25, -0.2) is 0 Å². The van der Waals surface area contributed by atoms with Crippen LogP contribution in [0.15, 0.2) is 45.3 Å². The predicted molar refractivity (Wildman–Crippen MR) is 133 cm³/mol. The fourth-order valence-corrected chi connectivity index (χ4v) is 4.17. The molecule has 1 unspecified atom stereocenters. The van der Waals surface area contributed by atoms with Crippen LogP contribution in [0.1, 0.15) is 47.2 Å². The average molecular weight is 545 g/mol. The van der Waals surface area contributed by atoms with E-state index in [2.05, 4.69) is 25.8 Å². The van der Waals surface area contributed by atoms with Gasteiger partial charge in [-0.1, -0.05) is 12.5 Å². The molecule has 1 atom stereocenters. The second-order valence-electron chi connectivity index (χ2n) is 7.09. The van der Waals surface area contributed by atoms with E-state index in [-0.39, 0.29) is 35.9 Å². The molecule has 0 aromatic carbocycles. The Labute approximate surface area is 199 Å². The summed E-state index contributed by atoms with van der Waals surface area (Å²) in [5.74, 6) is 1.75. The predicted octanol–water partition coefficient (Wildman–Crippen LogP) is 3.47. The van der Waals surface area contributed by atoms with E-state index in [4.69, 9.17) is 4.42 Å². The van der Waals surface area contributed by atoms with Crippen molar-refractivity contribution in [3.63, 3.8) is 0 Å². The van der Waals surface area contributed by atoms with Gasteiger partial charge >= 0.3 is 0 Å². The zero-order valence-electron chi connectivity index (χ0n) is 17.4. The number of hydrogen-bond donors (Lipinski definition) is 3.